The van der Waals surface area contributed by atoms with Crippen LogP contribution in [0.4, 0.5) is 4.79 Å². The van der Waals surface area contributed by atoms with Gasteiger partial charge < -0.3 is 9.84 Å². The Hall–Kier alpha value is -2.92. The number of aromatic nitrogens is 2. The third-order valence-electron chi connectivity index (χ3n) is 8.22. The van der Waals surface area contributed by atoms with Crippen LogP contribution in [0.15, 0.2) is 16.9 Å². The first-order chi connectivity index (χ1) is 16.6. The smallest absolute Gasteiger partial charge is 0.410 e. The van der Waals surface area contributed by atoms with Gasteiger partial charge in [-0.2, -0.15) is 5.26 Å². The second-order valence-corrected chi connectivity index (χ2v) is 11.1. The standard InChI is InChI=1S/C26H31ClN4O4/c1-13(2)18-7-5-14(3)9-21(18)35-26(34)29-12-17-10-20(29)23-24(32)31(25(33)30(17)23)19-8-6-16(11-28)22(27)15(19)4/h6,8,13-14,17-18,20-21,32H,5,7,9-10,12H2,1-4H3/t14-,17-,18+,20-,21-/m0/s1. The molecule has 186 valence electrons. The van der Waals surface area contributed by atoms with Gasteiger partial charge in [-0.1, -0.05) is 38.8 Å². The van der Waals surface area contributed by atoms with Crippen molar-refractivity contribution in [1.82, 2.24) is 14.0 Å². The first kappa shape index (κ1) is 23.8. The van der Waals surface area contributed by atoms with E-state index in [4.69, 9.17) is 16.3 Å². The molecule has 9 heteroatoms. The lowest BCUT2D eigenvalue weighted by Crippen LogP contribution is -2.42. The van der Waals surface area contributed by atoms with Crippen molar-refractivity contribution < 1.29 is 14.6 Å². The van der Waals surface area contributed by atoms with Crippen LogP contribution in [0.3, 0.4) is 0 Å². The first-order valence-electron chi connectivity index (χ1n) is 12.4. The molecule has 3 aliphatic rings. The summed E-state index contributed by atoms with van der Waals surface area (Å²) in [4.78, 5) is 28.3. The molecule has 1 aromatic heterocycles. The van der Waals surface area contributed by atoms with E-state index in [0.29, 0.717) is 53.2 Å². The number of imidazole rings is 1. The van der Waals surface area contributed by atoms with E-state index in [0.717, 1.165) is 19.3 Å². The van der Waals surface area contributed by atoms with Gasteiger partial charge in [0.1, 0.15) is 17.9 Å². The number of rotatable bonds is 3. The van der Waals surface area contributed by atoms with E-state index >= 15 is 0 Å². The molecular formula is C26H31ClN4O4. The number of ether oxygens (including phenoxy) is 1. The maximum atomic E-state index is 13.4. The fourth-order valence-corrected chi connectivity index (χ4v) is 6.52. The van der Waals surface area contributed by atoms with Crippen molar-refractivity contribution in [2.75, 3.05) is 6.54 Å². The van der Waals surface area contributed by atoms with Crippen LogP contribution in [0.25, 0.3) is 5.69 Å². The number of benzene rings is 1. The van der Waals surface area contributed by atoms with Gasteiger partial charge in [-0.3, -0.25) is 9.47 Å². The number of hydrogen-bond donors (Lipinski definition) is 1. The van der Waals surface area contributed by atoms with Crippen molar-refractivity contribution >= 4 is 17.7 Å². The van der Waals surface area contributed by atoms with Gasteiger partial charge in [-0.25, -0.2) is 14.2 Å². The zero-order valence-corrected chi connectivity index (χ0v) is 21.2. The summed E-state index contributed by atoms with van der Waals surface area (Å²) in [5.74, 6) is 1.09. The average molecular weight is 499 g/mol. The molecule has 1 aliphatic carbocycles. The average Bonchev–Trinajstić information content (AvgIpc) is 3.47. The molecule has 0 radical (unpaired) electrons. The molecule has 1 aromatic carbocycles. The molecule has 35 heavy (non-hydrogen) atoms. The molecule has 3 heterocycles. The summed E-state index contributed by atoms with van der Waals surface area (Å²) in [7, 11) is 0. The van der Waals surface area contributed by atoms with Gasteiger partial charge in [0, 0.05) is 6.54 Å². The predicted molar refractivity (Wildman–Crippen MR) is 131 cm³/mol. The van der Waals surface area contributed by atoms with Crippen LogP contribution < -0.4 is 5.69 Å². The van der Waals surface area contributed by atoms with Crippen molar-refractivity contribution in [2.45, 2.75) is 71.6 Å². The van der Waals surface area contributed by atoms with Gasteiger partial charge in [-0.15, -0.1) is 0 Å². The van der Waals surface area contributed by atoms with E-state index in [1.165, 1.54) is 10.6 Å². The van der Waals surface area contributed by atoms with E-state index in [2.05, 4.69) is 20.8 Å². The quantitative estimate of drug-likeness (QED) is 0.636. The molecular weight excluding hydrogens is 468 g/mol. The third kappa shape index (κ3) is 3.63. The monoisotopic (exact) mass is 498 g/mol. The molecule has 1 N–H and O–H groups in total. The van der Waals surface area contributed by atoms with Crippen LogP contribution in [0.2, 0.25) is 5.02 Å². The highest BCUT2D eigenvalue weighted by molar-refractivity contribution is 6.32. The van der Waals surface area contributed by atoms with Gasteiger partial charge >= 0.3 is 11.8 Å². The fourth-order valence-electron chi connectivity index (χ4n) is 6.32. The Balaban J connectivity index is 1.45. The number of amides is 1. The lowest BCUT2D eigenvalue weighted by atomic mass is 9.75. The van der Waals surface area contributed by atoms with Gasteiger partial charge in [0.05, 0.1) is 28.4 Å². The molecule has 5 rings (SSSR count). The van der Waals surface area contributed by atoms with Crippen LogP contribution in [-0.4, -0.2) is 37.9 Å². The van der Waals surface area contributed by atoms with E-state index < -0.39 is 6.04 Å². The van der Waals surface area contributed by atoms with Gasteiger partial charge in [0.25, 0.3) is 0 Å². The topological polar surface area (TPSA) is 100 Å². The minimum absolute atomic E-state index is 0.116. The van der Waals surface area contributed by atoms with Gasteiger partial charge in [0.2, 0.25) is 5.88 Å². The van der Waals surface area contributed by atoms with Gasteiger partial charge in [0.15, 0.2) is 0 Å². The van der Waals surface area contributed by atoms with Crippen LogP contribution in [0.1, 0.15) is 75.4 Å². The Labute approximate surface area is 209 Å². The number of nitrogens with zero attached hydrogens (tertiary/aromatic N) is 4. The number of halogens is 1. The lowest BCUT2D eigenvalue weighted by molar-refractivity contribution is -0.0133. The summed E-state index contributed by atoms with van der Waals surface area (Å²) in [5.41, 5.74) is 1.31. The summed E-state index contributed by atoms with van der Waals surface area (Å²) in [6.07, 6.45) is 3.16. The second-order valence-electron chi connectivity index (χ2n) is 10.7. The lowest BCUT2D eigenvalue weighted by Gasteiger charge is -2.38. The number of carbonyl (C=O) groups is 1. The summed E-state index contributed by atoms with van der Waals surface area (Å²) >= 11 is 6.32. The number of carbonyl (C=O) groups excluding carboxylic acids is 1. The number of hydrogen-bond acceptors (Lipinski definition) is 5. The van der Waals surface area contributed by atoms with E-state index in [-0.39, 0.29) is 34.8 Å². The maximum absolute atomic E-state index is 13.4. The summed E-state index contributed by atoms with van der Waals surface area (Å²) < 4.78 is 8.89. The minimum Gasteiger partial charge on any atom is -0.493 e. The fraction of sp³-hybridized carbons (Fsp3) is 0.577. The molecule has 5 atom stereocenters. The van der Waals surface area contributed by atoms with Crippen molar-refractivity contribution in [2.24, 2.45) is 17.8 Å². The van der Waals surface area contributed by atoms with E-state index in [9.17, 15) is 20.0 Å². The zero-order chi connectivity index (χ0) is 25.2. The van der Waals surface area contributed by atoms with Crippen molar-refractivity contribution in [3.05, 3.63) is 44.5 Å². The van der Waals surface area contributed by atoms with Crippen LogP contribution >= 0.6 is 11.6 Å². The molecule has 2 aromatic rings. The number of aromatic hydroxyl groups is 1. The molecule has 0 spiro atoms. The minimum atomic E-state index is -0.422. The van der Waals surface area contributed by atoms with Crippen LogP contribution in [0.5, 0.6) is 5.88 Å². The second kappa shape index (κ2) is 8.63. The summed E-state index contributed by atoms with van der Waals surface area (Å²) in [6, 6.07) is 4.53. The molecule has 2 fully saturated rings. The number of likely N-dealkylation sites (tertiary alicyclic amines) is 1. The molecule has 0 unspecified atom stereocenters. The predicted octanol–water partition coefficient (Wildman–Crippen LogP) is 5.08. The summed E-state index contributed by atoms with van der Waals surface area (Å²) in [6.45, 7) is 8.64. The van der Waals surface area contributed by atoms with Crippen molar-refractivity contribution in [1.29, 1.82) is 5.26 Å². The normalized spacial score (nSPS) is 27.2. The van der Waals surface area contributed by atoms with Crippen molar-refractivity contribution in [3.63, 3.8) is 0 Å². The Kier molecular flexibility index (Phi) is 5.87. The first-order valence-corrected chi connectivity index (χ1v) is 12.7. The Morgan fingerprint density at radius 2 is 2.03 bits per heavy atom. The molecule has 2 bridgehead atoms. The molecule has 1 saturated heterocycles. The summed E-state index contributed by atoms with van der Waals surface area (Å²) in [5, 5.41) is 20.7. The molecule has 1 amide bonds. The maximum Gasteiger partial charge on any atom is 0.410 e. The van der Waals surface area contributed by atoms with Crippen LogP contribution in [-0.2, 0) is 4.74 Å². The Morgan fingerprint density at radius 1 is 1.29 bits per heavy atom. The number of nitriles is 1. The van der Waals surface area contributed by atoms with E-state index in [1.807, 2.05) is 6.07 Å². The Bertz CT molecular complexity index is 1290. The van der Waals surface area contributed by atoms with Crippen LogP contribution in [0, 0.1) is 36.0 Å². The third-order valence-corrected chi connectivity index (χ3v) is 8.71. The molecule has 1 saturated carbocycles. The zero-order valence-electron chi connectivity index (χ0n) is 20.5. The Morgan fingerprint density at radius 3 is 2.71 bits per heavy atom. The highest BCUT2D eigenvalue weighted by atomic mass is 35.5. The number of fused-ring (bicyclic) bond motifs is 5. The highest BCUT2D eigenvalue weighted by Gasteiger charge is 2.50. The van der Waals surface area contributed by atoms with Crippen molar-refractivity contribution in [3.8, 4) is 17.6 Å². The largest absolute Gasteiger partial charge is 0.493 e. The highest BCUT2D eigenvalue weighted by Crippen LogP contribution is 2.49. The van der Waals surface area contributed by atoms with Gasteiger partial charge in [-0.05, 0) is 61.6 Å². The van der Waals surface area contributed by atoms with E-state index in [1.54, 1.807) is 22.5 Å². The molecule has 2 aliphatic heterocycles. The molecule has 8 nitrogen and oxygen atoms in total. The SMILES string of the molecule is Cc1c(-n2c(O)c3n(c2=O)[C@H]2C[C@@H]3N(C(=O)O[C@H]3C[C@@H](C)CC[C@@H]3C(C)C)C2)ccc(C#N)c1Cl.